The first kappa shape index (κ1) is 19.3. The molecule has 1 aromatic carbocycles. The molecule has 1 aromatic heterocycles. The Morgan fingerprint density at radius 3 is 2.15 bits per heavy atom. The van der Waals surface area contributed by atoms with Gasteiger partial charge in [0.1, 0.15) is 0 Å². The lowest BCUT2D eigenvalue weighted by Crippen LogP contribution is -2.38. The highest BCUT2D eigenvalue weighted by molar-refractivity contribution is 7.89. The summed E-state index contributed by atoms with van der Waals surface area (Å²) in [7, 11) is -1.62. The van der Waals surface area contributed by atoms with Gasteiger partial charge in [-0.2, -0.15) is 0 Å². The molecule has 7 nitrogen and oxygen atoms in total. The number of nitrogens with one attached hydrogen (secondary N) is 1. The summed E-state index contributed by atoms with van der Waals surface area (Å²) in [5.74, 6) is -1.20. The quantitative estimate of drug-likeness (QED) is 0.725. The Labute approximate surface area is 159 Å². The van der Waals surface area contributed by atoms with Crippen LogP contribution in [0, 0.1) is 13.8 Å². The number of rotatable bonds is 7. The Kier molecular flexibility index (Phi) is 5.21. The minimum absolute atomic E-state index is 0.162. The van der Waals surface area contributed by atoms with Crippen LogP contribution in [0.25, 0.3) is 0 Å². The largest absolute Gasteiger partial charge is 0.352 e. The Bertz CT molecular complexity index is 973. The molecule has 3 rings (SSSR count). The summed E-state index contributed by atoms with van der Waals surface area (Å²) in [6.45, 7) is 4.11. The number of aryl methyl sites for hydroxylation is 1. The zero-order chi connectivity index (χ0) is 19.8. The molecule has 1 N–H and O–H groups in total. The molecule has 0 saturated heterocycles. The fraction of sp³-hybridized carbons (Fsp3) is 0.368. The molecular formula is C19H23N3O4S. The van der Waals surface area contributed by atoms with Gasteiger partial charge in [-0.3, -0.25) is 14.5 Å². The lowest BCUT2D eigenvalue weighted by molar-refractivity contribution is 0.0664. The van der Waals surface area contributed by atoms with Gasteiger partial charge in [0.2, 0.25) is 10.0 Å². The predicted octanol–water partition coefficient (Wildman–Crippen LogP) is 1.40. The summed E-state index contributed by atoms with van der Waals surface area (Å²) >= 11 is 0. The van der Waals surface area contributed by atoms with Gasteiger partial charge in [0.25, 0.3) is 11.8 Å². The van der Waals surface area contributed by atoms with Crippen LogP contribution in [0.1, 0.15) is 37.7 Å². The first-order valence-corrected chi connectivity index (χ1v) is 10.4. The van der Waals surface area contributed by atoms with Crippen LogP contribution < -0.4 is 4.72 Å². The second-order valence-corrected chi connectivity index (χ2v) is 8.65. The number of aromatic nitrogens is 1. The van der Waals surface area contributed by atoms with Crippen LogP contribution >= 0.6 is 0 Å². The van der Waals surface area contributed by atoms with Crippen molar-refractivity contribution in [1.82, 2.24) is 14.2 Å². The Morgan fingerprint density at radius 2 is 1.63 bits per heavy atom. The molecule has 0 bridgehead atoms. The number of imide groups is 1. The van der Waals surface area contributed by atoms with Gasteiger partial charge in [0.15, 0.2) is 0 Å². The highest BCUT2D eigenvalue weighted by Crippen LogP contribution is 2.22. The number of nitrogens with zero attached hydrogens (tertiary/aromatic N) is 2. The van der Waals surface area contributed by atoms with E-state index in [1.165, 1.54) is 0 Å². The van der Waals surface area contributed by atoms with Crippen LogP contribution in [0.15, 0.2) is 30.3 Å². The standard InChI is InChI=1S/C19H23N3O4S/c1-13-12-15(14(2)21(13)3)8-9-20-27(25,26)11-10-22-18(23)16-6-4-5-7-17(16)19(22)24/h4-7,12,20H,8-11H2,1-3H3. The van der Waals surface area contributed by atoms with Crippen LogP contribution in [0.4, 0.5) is 0 Å². The van der Waals surface area contributed by atoms with E-state index in [-0.39, 0.29) is 18.8 Å². The number of hydrogen-bond donors (Lipinski definition) is 1. The fourth-order valence-corrected chi connectivity index (χ4v) is 4.23. The molecule has 0 atom stereocenters. The first-order valence-electron chi connectivity index (χ1n) is 8.75. The van der Waals surface area contributed by atoms with Gasteiger partial charge >= 0.3 is 0 Å². The molecule has 27 heavy (non-hydrogen) atoms. The van der Waals surface area contributed by atoms with E-state index in [1.807, 2.05) is 27.0 Å². The molecule has 2 amide bonds. The summed E-state index contributed by atoms with van der Waals surface area (Å²) in [5.41, 5.74) is 3.97. The van der Waals surface area contributed by atoms with Crippen LogP contribution in [0.5, 0.6) is 0 Å². The van der Waals surface area contributed by atoms with Gasteiger partial charge < -0.3 is 4.57 Å². The summed E-state index contributed by atoms with van der Waals surface area (Å²) in [4.78, 5) is 25.6. The number of hydrogen-bond acceptors (Lipinski definition) is 4. The maximum absolute atomic E-state index is 12.3. The number of amides is 2. The van der Waals surface area contributed by atoms with Crippen molar-refractivity contribution in [2.75, 3.05) is 18.8 Å². The van der Waals surface area contributed by atoms with Gasteiger partial charge in [-0.1, -0.05) is 12.1 Å². The zero-order valence-electron chi connectivity index (χ0n) is 15.7. The van der Waals surface area contributed by atoms with Gasteiger partial charge in [-0.05, 0) is 44.0 Å². The van der Waals surface area contributed by atoms with Crippen molar-refractivity contribution in [3.63, 3.8) is 0 Å². The highest BCUT2D eigenvalue weighted by Gasteiger charge is 2.35. The number of sulfonamides is 1. The molecule has 0 radical (unpaired) electrons. The molecule has 0 spiro atoms. The van der Waals surface area contributed by atoms with E-state index < -0.39 is 21.8 Å². The van der Waals surface area contributed by atoms with Crippen molar-refractivity contribution in [2.45, 2.75) is 20.3 Å². The van der Waals surface area contributed by atoms with Crippen molar-refractivity contribution in [3.8, 4) is 0 Å². The summed E-state index contributed by atoms with van der Waals surface area (Å²) in [6, 6.07) is 8.56. The topological polar surface area (TPSA) is 88.5 Å². The molecule has 144 valence electrons. The number of benzene rings is 1. The molecule has 0 fully saturated rings. The zero-order valence-corrected chi connectivity index (χ0v) is 16.5. The van der Waals surface area contributed by atoms with Crippen molar-refractivity contribution in [1.29, 1.82) is 0 Å². The molecule has 0 saturated carbocycles. The summed E-state index contributed by atoms with van der Waals surface area (Å²) in [6.07, 6.45) is 0.583. The maximum Gasteiger partial charge on any atom is 0.261 e. The van der Waals surface area contributed by atoms with Crippen molar-refractivity contribution in [2.24, 2.45) is 7.05 Å². The second-order valence-electron chi connectivity index (χ2n) is 6.73. The van der Waals surface area contributed by atoms with E-state index in [0.717, 1.165) is 21.9 Å². The third-order valence-electron chi connectivity index (χ3n) is 5.06. The SMILES string of the molecule is Cc1cc(CCNS(=O)(=O)CCN2C(=O)c3ccccc3C2=O)c(C)n1C. The van der Waals surface area contributed by atoms with E-state index in [4.69, 9.17) is 0 Å². The second kappa shape index (κ2) is 7.28. The molecule has 0 unspecified atom stereocenters. The molecule has 2 heterocycles. The maximum atomic E-state index is 12.3. The van der Waals surface area contributed by atoms with Crippen molar-refractivity contribution >= 4 is 21.8 Å². The summed E-state index contributed by atoms with van der Waals surface area (Å²) < 4.78 is 29.1. The fourth-order valence-electron chi connectivity index (χ4n) is 3.25. The van der Waals surface area contributed by atoms with Gasteiger partial charge in [-0.15, -0.1) is 0 Å². The number of fused-ring (bicyclic) bond motifs is 1. The van der Waals surface area contributed by atoms with Crippen LogP contribution in [0.2, 0.25) is 0 Å². The first-order chi connectivity index (χ1) is 12.7. The van der Waals surface area contributed by atoms with Gasteiger partial charge in [0.05, 0.1) is 16.9 Å². The molecular weight excluding hydrogens is 366 g/mol. The van der Waals surface area contributed by atoms with E-state index in [1.54, 1.807) is 24.3 Å². The van der Waals surface area contributed by atoms with Crippen LogP contribution in [-0.2, 0) is 23.5 Å². The lowest BCUT2D eigenvalue weighted by Gasteiger charge is -2.14. The summed E-state index contributed by atoms with van der Waals surface area (Å²) in [5, 5.41) is 0. The molecule has 0 aliphatic carbocycles. The average Bonchev–Trinajstić information content (AvgIpc) is 3.02. The predicted molar refractivity (Wildman–Crippen MR) is 102 cm³/mol. The highest BCUT2D eigenvalue weighted by atomic mass is 32.2. The third kappa shape index (κ3) is 3.81. The molecule has 1 aliphatic heterocycles. The Hall–Kier alpha value is -2.45. The third-order valence-corrected chi connectivity index (χ3v) is 6.42. The average molecular weight is 389 g/mol. The van der Waals surface area contributed by atoms with Gasteiger partial charge in [0, 0.05) is 31.5 Å². The van der Waals surface area contributed by atoms with Crippen LogP contribution in [-0.4, -0.2) is 48.5 Å². The van der Waals surface area contributed by atoms with E-state index >= 15 is 0 Å². The smallest absolute Gasteiger partial charge is 0.261 e. The van der Waals surface area contributed by atoms with E-state index in [2.05, 4.69) is 9.29 Å². The monoisotopic (exact) mass is 389 g/mol. The molecule has 8 heteroatoms. The van der Waals surface area contributed by atoms with Crippen LogP contribution in [0.3, 0.4) is 0 Å². The number of carbonyl (C=O) groups excluding carboxylic acids is 2. The Balaban J connectivity index is 1.56. The van der Waals surface area contributed by atoms with Gasteiger partial charge in [-0.25, -0.2) is 13.1 Å². The normalized spacial score (nSPS) is 14.1. The van der Waals surface area contributed by atoms with Crippen molar-refractivity contribution in [3.05, 3.63) is 58.4 Å². The number of carbonyl (C=O) groups is 2. The minimum atomic E-state index is -3.59. The van der Waals surface area contributed by atoms with Crippen molar-refractivity contribution < 1.29 is 18.0 Å². The molecule has 2 aromatic rings. The molecule has 1 aliphatic rings. The van der Waals surface area contributed by atoms with E-state index in [9.17, 15) is 18.0 Å². The Morgan fingerprint density at radius 1 is 1.04 bits per heavy atom. The van der Waals surface area contributed by atoms with E-state index in [0.29, 0.717) is 17.5 Å². The minimum Gasteiger partial charge on any atom is -0.352 e. The lowest BCUT2D eigenvalue weighted by atomic mass is 10.1.